The van der Waals surface area contributed by atoms with Crippen molar-refractivity contribution in [3.05, 3.63) is 61.5 Å². The van der Waals surface area contributed by atoms with E-state index in [2.05, 4.69) is 15.4 Å². The van der Waals surface area contributed by atoms with Crippen molar-refractivity contribution < 1.29 is 4.79 Å². The van der Waals surface area contributed by atoms with Crippen molar-refractivity contribution in [2.75, 3.05) is 0 Å². The third-order valence-corrected chi connectivity index (χ3v) is 4.94. The Morgan fingerprint density at radius 1 is 1.31 bits per heavy atom. The van der Waals surface area contributed by atoms with Gasteiger partial charge in [-0.1, -0.05) is 17.7 Å². The molecule has 7 heteroatoms. The second-order valence-corrected chi connectivity index (χ2v) is 6.96. The normalized spacial score (nSPS) is 11.1. The maximum Gasteiger partial charge on any atom is 0.273 e. The fourth-order valence-corrected chi connectivity index (χ4v) is 3.35. The summed E-state index contributed by atoms with van der Waals surface area (Å²) in [6.07, 6.45) is 0.175. The van der Waals surface area contributed by atoms with Crippen molar-refractivity contribution in [1.29, 1.82) is 0 Å². The second-order valence-electron chi connectivity index (χ2n) is 6.52. The number of carbonyl (C=O) groups excluding carboxylic acids is 1. The predicted octanol–water partition coefficient (Wildman–Crippen LogP) is 2.70. The fraction of sp³-hybridized carbons (Fsp3) is 0.316. The van der Waals surface area contributed by atoms with Crippen LogP contribution in [0.3, 0.4) is 0 Å². The van der Waals surface area contributed by atoms with Crippen LogP contribution < -0.4 is 10.9 Å². The lowest BCUT2D eigenvalue weighted by molar-refractivity contribution is -0.120. The van der Waals surface area contributed by atoms with E-state index in [4.69, 9.17) is 11.6 Å². The van der Waals surface area contributed by atoms with Gasteiger partial charge in [-0.05, 0) is 55.2 Å². The van der Waals surface area contributed by atoms with Gasteiger partial charge in [0, 0.05) is 24.3 Å². The van der Waals surface area contributed by atoms with Crippen LogP contribution in [0.5, 0.6) is 0 Å². The van der Waals surface area contributed by atoms with Crippen molar-refractivity contribution in [2.45, 2.75) is 33.7 Å². The summed E-state index contributed by atoms with van der Waals surface area (Å²) in [5.74, 6) is -0.121. The molecule has 2 aromatic heterocycles. The second kappa shape index (κ2) is 6.96. The summed E-state index contributed by atoms with van der Waals surface area (Å²) in [6, 6.07) is 5.61. The summed E-state index contributed by atoms with van der Waals surface area (Å²) in [5, 5.41) is 6.81. The van der Waals surface area contributed by atoms with E-state index in [0.717, 1.165) is 27.9 Å². The molecule has 2 N–H and O–H groups in total. The number of H-pyrrole nitrogens is 1. The van der Waals surface area contributed by atoms with Gasteiger partial charge >= 0.3 is 0 Å². The predicted molar refractivity (Wildman–Crippen MR) is 103 cm³/mol. The van der Waals surface area contributed by atoms with Crippen molar-refractivity contribution in [3.8, 4) is 0 Å². The molecule has 0 radical (unpaired) electrons. The summed E-state index contributed by atoms with van der Waals surface area (Å²) in [6.45, 7) is 6.10. The zero-order valence-corrected chi connectivity index (χ0v) is 16.0. The van der Waals surface area contributed by atoms with E-state index in [1.165, 1.54) is 0 Å². The minimum atomic E-state index is -0.191. The van der Waals surface area contributed by atoms with Crippen LogP contribution in [0.25, 0.3) is 11.0 Å². The van der Waals surface area contributed by atoms with Crippen LogP contribution in [-0.2, 0) is 24.8 Å². The molecule has 0 bridgehead atoms. The van der Waals surface area contributed by atoms with Crippen molar-refractivity contribution in [1.82, 2.24) is 20.1 Å². The molecule has 2 heterocycles. The largest absolute Gasteiger partial charge is 0.352 e. The number of aromatic nitrogens is 3. The van der Waals surface area contributed by atoms with E-state index in [-0.39, 0.29) is 17.9 Å². The zero-order valence-electron chi connectivity index (χ0n) is 15.2. The molecule has 0 atom stereocenters. The van der Waals surface area contributed by atoms with Gasteiger partial charge < -0.3 is 5.32 Å². The van der Waals surface area contributed by atoms with Crippen LogP contribution >= 0.6 is 11.6 Å². The highest BCUT2D eigenvalue weighted by Crippen LogP contribution is 2.20. The van der Waals surface area contributed by atoms with E-state index >= 15 is 0 Å². The number of hydrogen-bond donors (Lipinski definition) is 2. The Labute approximate surface area is 156 Å². The number of benzene rings is 1. The summed E-state index contributed by atoms with van der Waals surface area (Å²) in [4.78, 5) is 29.1. The SMILES string of the molecule is Cc1ccc(Cl)cc1CNC(=O)Cc1c(C)nc2c(c1C)c(=O)[nH]n2C. The minimum Gasteiger partial charge on any atom is -0.352 e. The molecule has 0 spiro atoms. The van der Waals surface area contributed by atoms with Gasteiger partial charge in [0.1, 0.15) is 0 Å². The molecule has 0 aliphatic heterocycles. The quantitative estimate of drug-likeness (QED) is 0.739. The van der Waals surface area contributed by atoms with E-state index in [0.29, 0.717) is 22.6 Å². The molecule has 1 aromatic carbocycles. The lowest BCUT2D eigenvalue weighted by atomic mass is 10.0. The Balaban J connectivity index is 1.82. The number of aryl methyl sites for hydroxylation is 4. The van der Waals surface area contributed by atoms with Crippen LogP contribution in [-0.4, -0.2) is 20.7 Å². The number of amides is 1. The lowest BCUT2D eigenvalue weighted by Gasteiger charge is -2.12. The first kappa shape index (κ1) is 18.2. The molecule has 3 rings (SSSR count). The molecule has 0 unspecified atom stereocenters. The molecular formula is C19H21ClN4O2. The fourth-order valence-electron chi connectivity index (χ4n) is 3.16. The minimum absolute atomic E-state index is 0.121. The Morgan fingerprint density at radius 2 is 2.04 bits per heavy atom. The Hall–Kier alpha value is -2.60. The van der Waals surface area contributed by atoms with Crippen LogP contribution in [0.1, 0.15) is 27.9 Å². The third kappa shape index (κ3) is 3.37. The Morgan fingerprint density at radius 3 is 2.77 bits per heavy atom. The zero-order chi connectivity index (χ0) is 19.0. The van der Waals surface area contributed by atoms with Crippen molar-refractivity contribution >= 4 is 28.5 Å². The number of nitrogens with zero attached hydrogens (tertiary/aromatic N) is 2. The summed E-state index contributed by atoms with van der Waals surface area (Å²) < 4.78 is 1.60. The van der Waals surface area contributed by atoms with Crippen molar-refractivity contribution in [3.63, 3.8) is 0 Å². The smallest absolute Gasteiger partial charge is 0.273 e. The van der Waals surface area contributed by atoms with E-state index in [1.807, 2.05) is 39.0 Å². The summed E-state index contributed by atoms with van der Waals surface area (Å²) >= 11 is 6.02. The van der Waals surface area contributed by atoms with Gasteiger partial charge in [0.05, 0.1) is 11.8 Å². The monoisotopic (exact) mass is 372 g/mol. The van der Waals surface area contributed by atoms with Gasteiger partial charge in [-0.3, -0.25) is 19.4 Å². The van der Waals surface area contributed by atoms with Crippen LogP contribution in [0.4, 0.5) is 0 Å². The summed E-state index contributed by atoms with van der Waals surface area (Å²) in [7, 11) is 1.75. The number of nitrogens with one attached hydrogen (secondary N) is 2. The molecule has 0 fully saturated rings. The first-order valence-electron chi connectivity index (χ1n) is 8.34. The molecule has 1 amide bonds. The number of aromatic amines is 1. The number of rotatable bonds is 4. The van der Waals surface area contributed by atoms with Crippen LogP contribution in [0, 0.1) is 20.8 Å². The Bertz CT molecular complexity index is 1070. The molecular weight excluding hydrogens is 352 g/mol. The topological polar surface area (TPSA) is 79.8 Å². The van der Waals surface area contributed by atoms with Gasteiger partial charge in [-0.25, -0.2) is 4.98 Å². The first-order chi connectivity index (χ1) is 12.3. The average molecular weight is 373 g/mol. The van der Waals surface area contributed by atoms with Gasteiger partial charge in [0.2, 0.25) is 5.91 Å². The average Bonchev–Trinajstić information content (AvgIpc) is 2.86. The summed E-state index contributed by atoms with van der Waals surface area (Å²) in [5.41, 5.74) is 4.79. The van der Waals surface area contributed by atoms with Gasteiger partial charge in [-0.15, -0.1) is 0 Å². The van der Waals surface area contributed by atoms with Gasteiger partial charge in [-0.2, -0.15) is 0 Å². The van der Waals surface area contributed by atoms with Gasteiger partial charge in [0.15, 0.2) is 5.65 Å². The molecule has 0 aliphatic carbocycles. The number of hydrogen-bond acceptors (Lipinski definition) is 3. The van der Waals surface area contributed by atoms with Crippen LogP contribution in [0.15, 0.2) is 23.0 Å². The number of pyridine rings is 1. The third-order valence-electron chi connectivity index (χ3n) is 4.70. The van der Waals surface area contributed by atoms with Crippen LogP contribution in [0.2, 0.25) is 5.02 Å². The molecule has 26 heavy (non-hydrogen) atoms. The number of carbonyl (C=O) groups is 1. The molecule has 6 nitrogen and oxygen atoms in total. The highest BCUT2D eigenvalue weighted by Gasteiger charge is 2.17. The van der Waals surface area contributed by atoms with E-state index in [1.54, 1.807) is 11.7 Å². The van der Waals surface area contributed by atoms with E-state index in [9.17, 15) is 9.59 Å². The van der Waals surface area contributed by atoms with E-state index < -0.39 is 0 Å². The van der Waals surface area contributed by atoms with Gasteiger partial charge in [0.25, 0.3) is 5.56 Å². The molecule has 0 aliphatic rings. The maximum absolute atomic E-state index is 12.4. The molecule has 0 saturated carbocycles. The first-order valence-corrected chi connectivity index (χ1v) is 8.72. The number of halogens is 1. The maximum atomic E-state index is 12.4. The highest BCUT2D eigenvalue weighted by atomic mass is 35.5. The standard InChI is InChI=1S/C19H21ClN4O2/c1-10-5-6-14(20)7-13(10)9-21-16(25)8-15-11(2)17-18(22-12(15)3)24(4)23-19(17)26/h5-7H,8-9H2,1-4H3,(H,21,25)(H,23,26). The molecule has 136 valence electrons. The highest BCUT2D eigenvalue weighted by molar-refractivity contribution is 6.30. The Kier molecular flexibility index (Phi) is 4.87. The van der Waals surface area contributed by atoms with Crippen molar-refractivity contribution in [2.24, 2.45) is 7.05 Å². The molecule has 3 aromatic rings. The lowest BCUT2D eigenvalue weighted by Crippen LogP contribution is -2.26. The molecule has 0 saturated heterocycles. The number of fused-ring (bicyclic) bond motifs is 1.